The molecule has 3 saturated carbocycles. The van der Waals surface area contributed by atoms with Gasteiger partial charge in [-0.1, -0.05) is 79.6 Å². The average Bonchev–Trinajstić information content (AvgIpc) is 4.02. The van der Waals surface area contributed by atoms with E-state index < -0.39 is 68.7 Å². The van der Waals surface area contributed by atoms with Crippen LogP contribution in [0, 0.1) is 5.92 Å². The van der Waals surface area contributed by atoms with Crippen molar-refractivity contribution in [3.05, 3.63) is 79.0 Å². The second-order valence-corrected chi connectivity index (χ2v) is 18.8. The summed E-state index contributed by atoms with van der Waals surface area (Å²) in [6, 6.07) is 16.7. The Morgan fingerprint density at radius 2 is 1.63 bits per heavy atom. The number of para-hydroxylation sites is 1. The molecule has 0 bridgehead atoms. The maximum atomic E-state index is 14.8. The van der Waals surface area contributed by atoms with Crippen molar-refractivity contribution >= 4 is 44.7 Å². The Balaban J connectivity index is 1.07. The summed E-state index contributed by atoms with van der Waals surface area (Å²) in [4.78, 5) is 64.5. The molecule has 3 aliphatic carbocycles. The first kappa shape index (κ1) is 39.8. The molecule has 4 fully saturated rings. The number of nitrogens with one attached hydrogen (secondary N) is 3. The zero-order valence-electron chi connectivity index (χ0n) is 33.4. The van der Waals surface area contributed by atoms with Crippen LogP contribution in [0.5, 0.6) is 0 Å². The van der Waals surface area contributed by atoms with E-state index in [-0.39, 0.29) is 25.5 Å². The standard InChI is InChI=1S/C44H50N8O7S/c53-40-36-25-31(52-48-38(29-13-5-4-6-14-29)39(49-52)34-20-11-15-28-16-12-24-45-37(28)34)27-51(36)41(54)35(46-43(56)59-32-18-9-10-19-32)21-8-3-1-2-7-17-30-26-44(30,47-40)42(55)50-60(57,58)33-22-23-33/h4-7,11-17,20,24,30-33,35-36H,1-3,8-10,18-19,21-23,25-27H2,(H,46,56)(H,47,53)(H,50,55)/t30-,31-,35+,36+,44-/m1/s1. The third-order valence-corrected chi connectivity index (χ3v) is 14.4. The van der Waals surface area contributed by atoms with Crippen molar-refractivity contribution in [1.82, 2.24) is 40.2 Å². The van der Waals surface area contributed by atoms with E-state index in [0.29, 0.717) is 43.5 Å². The molecule has 3 N–H and O–H groups in total. The number of carbonyl (C=O) groups is 4. The number of allylic oxidation sites excluding steroid dienone is 1. The van der Waals surface area contributed by atoms with Crippen molar-refractivity contribution in [2.45, 2.75) is 118 Å². The van der Waals surface area contributed by atoms with Gasteiger partial charge in [0.1, 0.15) is 35.1 Å². The number of nitrogens with zero attached hydrogens (tertiary/aromatic N) is 5. The highest BCUT2D eigenvalue weighted by Crippen LogP contribution is 2.46. The fourth-order valence-electron chi connectivity index (χ4n) is 9.03. The van der Waals surface area contributed by atoms with Crippen molar-refractivity contribution in [3.63, 3.8) is 0 Å². The average molecular weight is 835 g/mol. The van der Waals surface area contributed by atoms with Gasteiger partial charge >= 0.3 is 6.09 Å². The van der Waals surface area contributed by atoms with E-state index >= 15 is 0 Å². The number of alkyl carbamates (subject to hydrolysis) is 1. The van der Waals surface area contributed by atoms with Gasteiger partial charge in [0, 0.05) is 41.6 Å². The molecule has 60 heavy (non-hydrogen) atoms. The molecule has 4 aromatic rings. The van der Waals surface area contributed by atoms with Gasteiger partial charge in [-0.05, 0) is 70.3 Å². The molecule has 2 aromatic carbocycles. The number of aromatic nitrogens is 4. The SMILES string of the molecule is O=C(N[C@H]1CCCCCC=C[C@@H]2C[C@@]2(C(=O)NS(=O)(=O)C2CC2)NC(=O)[C@@H]2C[C@@H](n3nc(-c4ccccc4)c(-c4cccc5cccnc45)n3)CN2C1=O)OC1CCCC1. The number of hydrogen-bond acceptors (Lipinski definition) is 10. The molecular weight excluding hydrogens is 785 g/mol. The van der Waals surface area contributed by atoms with Gasteiger partial charge in [0.15, 0.2) is 0 Å². The van der Waals surface area contributed by atoms with Crippen LogP contribution in [0.4, 0.5) is 4.79 Å². The summed E-state index contributed by atoms with van der Waals surface area (Å²) in [6.07, 6.45) is 12.7. The lowest BCUT2D eigenvalue weighted by Crippen LogP contribution is -2.58. The highest BCUT2D eigenvalue weighted by atomic mass is 32.2. The third kappa shape index (κ3) is 8.13. The number of ether oxygens (including phenoxy) is 1. The van der Waals surface area contributed by atoms with Crippen LogP contribution in [0.3, 0.4) is 0 Å². The number of carbonyl (C=O) groups excluding carboxylic acids is 4. The molecule has 0 spiro atoms. The van der Waals surface area contributed by atoms with Crippen LogP contribution in [-0.2, 0) is 29.1 Å². The van der Waals surface area contributed by atoms with E-state index in [0.717, 1.165) is 60.6 Å². The topological polar surface area (TPSA) is 195 Å². The molecule has 9 rings (SSSR count). The summed E-state index contributed by atoms with van der Waals surface area (Å²) in [6.45, 7) is 0.0293. The molecule has 4 amide bonds. The molecule has 5 atom stereocenters. The van der Waals surface area contributed by atoms with Gasteiger partial charge < -0.3 is 20.3 Å². The third-order valence-electron chi connectivity index (χ3n) is 12.6. The highest BCUT2D eigenvalue weighted by molar-refractivity contribution is 7.91. The van der Waals surface area contributed by atoms with Crippen LogP contribution in [0.15, 0.2) is 79.0 Å². The van der Waals surface area contributed by atoms with Crippen LogP contribution < -0.4 is 15.4 Å². The summed E-state index contributed by atoms with van der Waals surface area (Å²) in [7, 11) is -3.91. The molecule has 314 valence electrons. The van der Waals surface area contributed by atoms with Crippen molar-refractivity contribution in [2.24, 2.45) is 5.92 Å². The summed E-state index contributed by atoms with van der Waals surface area (Å²) in [5.41, 5.74) is 2.01. The van der Waals surface area contributed by atoms with Crippen molar-refractivity contribution in [2.75, 3.05) is 6.54 Å². The first-order valence-corrected chi connectivity index (χ1v) is 22.8. The van der Waals surface area contributed by atoms with Crippen LogP contribution in [0.25, 0.3) is 33.4 Å². The van der Waals surface area contributed by atoms with Gasteiger partial charge in [-0.15, -0.1) is 0 Å². The van der Waals surface area contributed by atoms with Crippen LogP contribution in [0.2, 0.25) is 0 Å². The zero-order chi connectivity index (χ0) is 41.4. The number of sulfonamides is 1. The predicted octanol–water partition coefficient (Wildman–Crippen LogP) is 5.34. The fraction of sp³-hybridized carbons (Fsp3) is 0.477. The first-order valence-electron chi connectivity index (χ1n) is 21.3. The van der Waals surface area contributed by atoms with E-state index in [9.17, 15) is 27.6 Å². The Morgan fingerprint density at radius 3 is 2.43 bits per heavy atom. The summed E-state index contributed by atoms with van der Waals surface area (Å²) < 4.78 is 33.9. The van der Waals surface area contributed by atoms with Gasteiger partial charge in [-0.3, -0.25) is 24.1 Å². The van der Waals surface area contributed by atoms with Gasteiger partial charge in [-0.2, -0.15) is 15.0 Å². The molecule has 2 aromatic heterocycles. The summed E-state index contributed by atoms with van der Waals surface area (Å²) in [5, 5.41) is 16.2. The van der Waals surface area contributed by atoms with E-state index in [1.54, 1.807) is 11.0 Å². The maximum absolute atomic E-state index is 14.8. The van der Waals surface area contributed by atoms with Crippen LogP contribution in [0.1, 0.15) is 89.5 Å². The van der Waals surface area contributed by atoms with E-state index in [1.165, 1.54) is 4.90 Å². The lowest BCUT2D eigenvalue weighted by molar-refractivity contribution is -0.141. The van der Waals surface area contributed by atoms with Gasteiger partial charge in [0.25, 0.3) is 5.91 Å². The minimum Gasteiger partial charge on any atom is -0.446 e. The van der Waals surface area contributed by atoms with E-state index in [2.05, 4.69) is 20.3 Å². The molecule has 16 heteroatoms. The maximum Gasteiger partial charge on any atom is 0.408 e. The Bertz CT molecular complexity index is 2420. The number of hydrogen-bond donors (Lipinski definition) is 3. The predicted molar refractivity (Wildman–Crippen MR) is 222 cm³/mol. The first-order chi connectivity index (χ1) is 29.1. The summed E-state index contributed by atoms with van der Waals surface area (Å²) >= 11 is 0. The van der Waals surface area contributed by atoms with Crippen molar-refractivity contribution < 1.29 is 32.3 Å². The molecular formula is C44H50N8O7S. The number of fused-ring (bicyclic) bond motifs is 3. The zero-order valence-corrected chi connectivity index (χ0v) is 34.2. The molecule has 5 aliphatic rings. The minimum absolute atomic E-state index is 0.0293. The fourth-order valence-corrected chi connectivity index (χ4v) is 10.4. The summed E-state index contributed by atoms with van der Waals surface area (Å²) in [5.74, 6) is -2.26. The van der Waals surface area contributed by atoms with E-state index in [4.69, 9.17) is 14.9 Å². The highest BCUT2D eigenvalue weighted by Gasteiger charge is 2.62. The Kier molecular flexibility index (Phi) is 10.9. The number of pyridine rings is 1. The van der Waals surface area contributed by atoms with Crippen molar-refractivity contribution in [3.8, 4) is 22.5 Å². The molecule has 0 unspecified atom stereocenters. The van der Waals surface area contributed by atoms with Crippen molar-refractivity contribution in [1.29, 1.82) is 0 Å². The molecule has 2 aliphatic heterocycles. The van der Waals surface area contributed by atoms with Crippen LogP contribution >= 0.6 is 0 Å². The molecule has 0 radical (unpaired) electrons. The Hall–Kier alpha value is -5.64. The quantitative estimate of drug-likeness (QED) is 0.195. The van der Waals surface area contributed by atoms with Gasteiger partial charge in [0.05, 0.1) is 16.8 Å². The minimum atomic E-state index is -3.91. The smallest absolute Gasteiger partial charge is 0.408 e. The molecule has 15 nitrogen and oxygen atoms in total. The Morgan fingerprint density at radius 1 is 0.867 bits per heavy atom. The normalized spacial score (nSPS) is 26.4. The van der Waals surface area contributed by atoms with Gasteiger partial charge in [0.2, 0.25) is 21.8 Å². The largest absolute Gasteiger partial charge is 0.446 e. The molecule has 4 heterocycles. The van der Waals surface area contributed by atoms with Gasteiger partial charge in [-0.25, -0.2) is 13.2 Å². The lowest BCUT2D eigenvalue weighted by Gasteiger charge is -2.30. The molecule has 1 saturated heterocycles. The number of amides is 4. The van der Waals surface area contributed by atoms with Crippen LogP contribution in [-0.4, -0.2) is 92.6 Å². The second kappa shape index (κ2) is 16.4. The van der Waals surface area contributed by atoms with E-state index in [1.807, 2.05) is 72.8 Å². The number of rotatable bonds is 8. The Labute approximate surface area is 348 Å². The second-order valence-electron chi connectivity index (χ2n) is 16.9. The monoisotopic (exact) mass is 834 g/mol. The lowest BCUT2D eigenvalue weighted by atomic mass is 10.0. The number of benzene rings is 2.